The van der Waals surface area contributed by atoms with Gasteiger partial charge in [-0.05, 0) is 64.2 Å². The van der Waals surface area contributed by atoms with Crippen molar-refractivity contribution in [3.63, 3.8) is 0 Å². The van der Waals surface area contributed by atoms with Gasteiger partial charge < -0.3 is 9.64 Å². The van der Waals surface area contributed by atoms with E-state index in [0.717, 1.165) is 18.4 Å². The van der Waals surface area contributed by atoms with Gasteiger partial charge in [0, 0.05) is 17.1 Å². The van der Waals surface area contributed by atoms with Gasteiger partial charge in [0.15, 0.2) is 0 Å². The van der Waals surface area contributed by atoms with Crippen LogP contribution in [0.15, 0.2) is 34.9 Å². The van der Waals surface area contributed by atoms with Gasteiger partial charge in [0.1, 0.15) is 5.60 Å². The van der Waals surface area contributed by atoms with Gasteiger partial charge in [-0.2, -0.15) is 0 Å². The van der Waals surface area contributed by atoms with Crippen LogP contribution in [0.3, 0.4) is 0 Å². The maximum Gasteiger partial charge on any atom is 0.410 e. The molecule has 0 N–H and O–H groups in total. The number of ether oxygens (including phenoxy) is 1. The average Bonchev–Trinajstić information content (AvgIpc) is 3.06. The van der Waals surface area contributed by atoms with Gasteiger partial charge in [-0.3, -0.25) is 14.5 Å². The van der Waals surface area contributed by atoms with Gasteiger partial charge in [-0.1, -0.05) is 23.7 Å². The maximum atomic E-state index is 12.6. The van der Waals surface area contributed by atoms with Crippen LogP contribution in [0.25, 0.3) is 0 Å². The molecule has 1 aromatic carbocycles. The first-order valence-corrected chi connectivity index (χ1v) is 10.4. The lowest BCUT2D eigenvalue weighted by Gasteiger charge is -2.37. The summed E-state index contributed by atoms with van der Waals surface area (Å²) >= 11 is 6.60. The normalized spacial score (nSPS) is 23.5. The number of hydrogen-bond acceptors (Lipinski definition) is 4. The molecule has 29 heavy (non-hydrogen) atoms. The molecule has 0 aromatic heterocycles. The molecular formula is C22H25ClN2O4. The Labute approximate surface area is 175 Å². The third-order valence-corrected chi connectivity index (χ3v) is 6.13. The highest BCUT2D eigenvalue weighted by atomic mass is 35.5. The van der Waals surface area contributed by atoms with Crippen LogP contribution in [0.5, 0.6) is 0 Å². The lowest BCUT2D eigenvalue weighted by atomic mass is 9.96. The van der Waals surface area contributed by atoms with Crippen LogP contribution in [0.4, 0.5) is 4.79 Å². The van der Waals surface area contributed by atoms with Crippen molar-refractivity contribution < 1.29 is 19.1 Å². The first-order chi connectivity index (χ1) is 13.7. The second-order valence-electron chi connectivity index (χ2n) is 8.93. The number of carbonyl (C=O) groups excluding carboxylic acids is 3. The van der Waals surface area contributed by atoms with E-state index in [9.17, 15) is 14.4 Å². The van der Waals surface area contributed by atoms with Gasteiger partial charge in [0.25, 0.3) is 11.8 Å². The second kappa shape index (κ2) is 7.17. The molecule has 3 aliphatic heterocycles. The largest absolute Gasteiger partial charge is 0.444 e. The molecule has 2 fully saturated rings. The molecule has 6 nitrogen and oxygen atoms in total. The fraction of sp³-hybridized carbons (Fsp3) is 0.500. The van der Waals surface area contributed by atoms with Crippen molar-refractivity contribution in [2.45, 2.75) is 64.1 Å². The van der Waals surface area contributed by atoms with E-state index in [0.29, 0.717) is 29.0 Å². The molecule has 2 unspecified atom stereocenters. The molecule has 3 aliphatic rings. The summed E-state index contributed by atoms with van der Waals surface area (Å²) in [6.07, 6.45) is 2.84. The summed E-state index contributed by atoms with van der Waals surface area (Å²) in [5, 5.41) is 0.528. The molecule has 2 bridgehead atoms. The smallest absolute Gasteiger partial charge is 0.410 e. The summed E-state index contributed by atoms with van der Waals surface area (Å²) in [5.74, 6) is -0.614. The first kappa shape index (κ1) is 20.0. The number of fused-ring (bicyclic) bond motifs is 3. The SMILES string of the molecule is CC(C)(C)OC(=O)N1C2CCC1CC(=C(Cl)CN1C(=O)c3ccccc3C1=O)C2. The molecule has 0 radical (unpaired) electrons. The van der Waals surface area contributed by atoms with E-state index in [4.69, 9.17) is 16.3 Å². The van der Waals surface area contributed by atoms with Gasteiger partial charge in [-0.25, -0.2) is 4.79 Å². The summed E-state index contributed by atoms with van der Waals surface area (Å²) < 4.78 is 5.57. The number of rotatable bonds is 2. The van der Waals surface area contributed by atoms with Crippen molar-refractivity contribution in [3.8, 4) is 0 Å². The van der Waals surface area contributed by atoms with Crippen LogP contribution in [0.1, 0.15) is 67.2 Å². The Balaban J connectivity index is 1.49. The Hall–Kier alpha value is -2.34. The topological polar surface area (TPSA) is 66.9 Å². The number of piperidine rings is 1. The first-order valence-electron chi connectivity index (χ1n) is 9.98. The number of amides is 3. The Morgan fingerprint density at radius 3 is 2.07 bits per heavy atom. The van der Waals surface area contributed by atoms with Gasteiger partial charge in [0.05, 0.1) is 17.7 Å². The highest BCUT2D eigenvalue weighted by molar-refractivity contribution is 6.31. The number of benzene rings is 1. The highest BCUT2D eigenvalue weighted by Gasteiger charge is 2.44. The Bertz CT molecular complexity index is 867. The number of nitrogens with zero attached hydrogens (tertiary/aromatic N) is 2. The van der Waals surface area contributed by atoms with E-state index in [1.807, 2.05) is 25.7 Å². The van der Waals surface area contributed by atoms with Crippen molar-refractivity contribution in [3.05, 3.63) is 46.0 Å². The summed E-state index contributed by atoms with van der Waals surface area (Å²) in [6.45, 7) is 5.66. The van der Waals surface area contributed by atoms with Gasteiger partial charge >= 0.3 is 6.09 Å². The van der Waals surface area contributed by atoms with Crippen LogP contribution >= 0.6 is 11.6 Å². The minimum atomic E-state index is -0.532. The molecule has 1 aromatic rings. The molecule has 4 rings (SSSR count). The van der Waals surface area contributed by atoms with E-state index in [1.165, 1.54) is 4.90 Å². The fourth-order valence-corrected chi connectivity index (χ4v) is 4.76. The molecule has 0 spiro atoms. The summed E-state index contributed by atoms with van der Waals surface area (Å²) in [7, 11) is 0. The zero-order valence-electron chi connectivity index (χ0n) is 16.9. The van der Waals surface area contributed by atoms with E-state index in [1.54, 1.807) is 24.3 Å². The molecular weight excluding hydrogens is 392 g/mol. The fourth-order valence-electron chi connectivity index (χ4n) is 4.48. The van der Waals surface area contributed by atoms with E-state index in [2.05, 4.69) is 0 Å². The van der Waals surface area contributed by atoms with Gasteiger partial charge in [-0.15, -0.1) is 0 Å². The lowest BCUT2D eigenvalue weighted by Crippen LogP contribution is -2.47. The number of halogens is 1. The molecule has 2 saturated heterocycles. The minimum absolute atomic E-state index is 0.0505. The average molecular weight is 417 g/mol. The van der Waals surface area contributed by atoms with Crippen LogP contribution in [-0.2, 0) is 4.74 Å². The predicted molar refractivity (Wildman–Crippen MR) is 109 cm³/mol. The van der Waals surface area contributed by atoms with Crippen molar-refractivity contribution in [2.24, 2.45) is 0 Å². The predicted octanol–water partition coefficient (Wildman–Crippen LogP) is 4.34. The number of imide groups is 1. The van der Waals surface area contributed by atoms with Crippen molar-refractivity contribution in [1.82, 2.24) is 9.80 Å². The third-order valence-electron chi connectivity index (χ3n) is 5.75. The molecule has 0 aliphatic carbocycles. The summed E-state index contributed by atoms with van der Waals surface area (Å²) in [6, 6.07) is 6.92. The molecule has 3 heterocycles. The molecule has 2 atom stereocenters. The minimum Gasteiger partial charge on any atom is -0.444 e. The Kier molecular flexibility index (Phi) is 4.93. The van der Waals surface area contributed by atoms with E-state index < -0.39 is 5.60 Å². The third kappa shape index (κ3) is 3.66. The Morgan fingerprint density at radius 2 is 1.59 bits per heavy atom. The van der Waals surface area contributed by atoms with E-state index in [-0.39, 0.29) is 36.5 Å². The summed E-state index contributed by atoms with van der Waals surface area (Å²) in [4.78, 5) is 40.8. The zero-order valence-corrected chi connectivity index (χ0v) is 17.7. The zero-order chi connectivity index (χ0) is 20.9. The maximum absolute atomic E-state index is 12.6. The van der Waals surface area contributed by atoms with Crippen LogP contribution in [-0.4, -0.2) is 51.9 Å². The Morgan fingerprint density at radius 1 is 1.07 bits per heavy atom. The molecule has 0 saturated carbocycles. The molecule has 7 heteroatoms. The lowest BCUT2D eigenvalue weighted by molar-refractivity contribution is 0.0114. The monoisotopic (exact) mass is 416 g/mol. The van der Waals surface area contributed by atoms with Gasteiger partial charge in [0.2, 0.25) is 0 Å². The van der Waals surface area contributed by atoms with Crippen LogP contribution in [0, 0.1) is 0 Å². The van der Waals surface area contributed by atoms with Crippen molar-refractivity contribution >= 4 is 29.5 Å². The van der Waals surface area contributed by atoms with Crippen LogP contribution in [0.2, 0.25) is 0 Å². The quantitative estimate of drug-likeness (QED) is 0.672. The number of hydrogen-bond donors (Lipinski definition) is 0. The molecule has 3 amide bonds. The van der Waals surface area contributed by atoms with E-state index >= 15 is 0 Å². The molecule has 154 valence electrons. The van der Waals surface area contributed by atoms with Crippen molar-refractivity contribution in [2.75, 3.05) is 6.54 Å². The van der Waals surface area contributed by atoms with Crippen molar-refractivity contribution in [1.29, 1.82) is 0 Å². The standard InChI is InChI=1S/C22H25ClN2O4/c1-22(2,3)29-21(28)25-14-8-9-15(25)11-13(10-14)18(23)12-24-19(26)16-6-4-5-7-17(16)20(24)27/h4-7,14-15H,8-12H2,1-3H3. The number of carbonyl (C=O) groups is 3. The highest BCUT2D eigenvalue weighted by Crippen LogP contribution is 2.41. The van der Waals surface area contributed by atoms with Crippen LogP contribution < -0.4 is 0 Å². The summed E-state index contributed by atoms with van der Waals surface area (Å²) in [5.41, 5.74) is 1.34. The second-order valence-corrected chi connectivity index (χ2v) is 9.39.